The molecule has 0 bridgehead atoms. The second kappa shape index (κ2) is 12.4. The molecule has 10 heteroatoms. The zero-order valence-corrected chi connectivity index (χ0v) is 24.7. The molecular formula is C30H27BrN4O3S2. The van der Waals surface area contributed by atoms with E-state index in [4.69, 9.17) is 5.73 Å². The van der Waals surface area contributed by atoms with Crippen molar-refractivity contribution in [3.63, 3.8) is 0 Å². The van der Waals surface area contributed by atoms with E-state index in [0.29, 0.717) is 39.1 Å². The van der Waals surface area contributed by atoms with Crippen LogP contribution in [0.1, 0.15) is 63.0 Å². The van der Waals surface area contributed by atoms with Gasteiger partial charge >= 0.3 is 0 Å². The minimum atomic E-state index is -0.294. The second-order valence-electron chi connectivity index (χ2n) is 9.74. The predicted molar refractivity (Wildman–Crippen MR) is 167 cm³/mol. The molecule has 0 unspecified atom stereocenters. The monoisotopic (exact) mass is 634 g/mol. The van der Waals surface area contributed by atoms with Crippen LogP contribution in [0.5, 0.6) is 0 Å². The average molecular weight is 636 g/mol. The van der Waals surface area contributed by atoms with Gasteiger partial charge in [0.15, 0.2) is 5.01 Å². The van der Waals surface area contributed by atoms with Gasteiger partial charge in [0.25, 0.3) is 0 Å². The number of thiazole rings is 1. The predicted octanol–water partition coefficient (Wildman–Crippen LogP) is 6.73. The van der Waals surface area contributed by atoms with E-state index in [2.05, 4.69) is 43.1 Å². The van der Waals surface area contributed by atoms with Gasteiger partial charge in [-0.05, 0) is 37.8 Å². The van der Waals surface area contributed by atoms with Crippen LogP contribution in [0, 0.1) is 5.92 Å². The summed E-state index contributed by atoms with van der Waals surface area (Å²) in [4.78, 5) is 45.1. The van der Waals surface area contributed by atoms with Crippen LogP contribution in [0.15, 0.2) is 66.3 Å². The van der Waals surface area contributed by atoms with E-state index in [1.54, 1.807) is 12.4 Å². The van der Waals surface area contributed by atoms with E-state index < -0.39 is 0 Å². The number of aromatic amines is 2. The Balaban J connectivity index is 0.000000135. The standard InChI is InChI=1S/C15H12N2OS.C10H8N2OS.C5H7BrO/c18-14(15-17-13(8-19-15)9-5-6-9)11-7-16-12-4-2-1-3-10(11)12;11-10(14)9(13)7-5-12-8-4-2-1-3-6(7)8;6-3-5(7)4-1-2-4/h1-4,7-9,16H,5-6H2;1-5,12H,(H2,11,14);4H,1-3H2. The van der Waals surface area contributed by atoms with Crippen LogP contribution in [0.4, 0.5) is 0 Å². The number of H-pyrrole nitrogens is 2. The zero-order chi connectivity index (χ0) is 28.2. The van der Waals surface area contributed by atoms with Crippen molar-refractivity contribution in [2.75, 3.05) is 5.33 Å². The van der Waals surface area contributed by atoms with Crippen molar-refractivity contribution in [3.05, 3.63) is 88.1 Å². The molecule has 5 aromatic rings. The maximum Gasteiger partial charge on any atom is 0.223 e. The van der Waals surface area contributed by atoms with Crippen LogP contribution in [0.3, 0.4) is 0 Å². The number of carbonyl (C=O) groups excluding carboxylic acids is 3. The first-order chi connectivity index (χ1) is 19.4. The number of hydrogen-bond donors (Lipinski definition) is 3. The summed E-state index contributed by atoms with van der Waals surface area (Å²) < 4.78 is 0. The third-order valence-corrected chi connectivity index (χ3v) is 8.37. The number of alkyl halides is 1. The molecule has 2 aromatic carbocycles. The normalized spacial score (nSPS) is 14.1. The van der Waals surface area contributed by atoms with Crippen LogP contribution in [0.2, 0.25) is 0 Å². The third-order valence-electron chi connectivity index (χ3n) is 6.77. The molecule has 0 aliphatic heterocycles. The Morgan fingerprint density at radius 1 is 0.925 bits per heavy atom. The Kier molecular flexibility index (Phi) is 8.68. The highest BCUT2D eigenvalue weighted by Crippen LogP contribution is 2.40. The second-order valence-corrected chi connectivity index (χ2v) is 11.6. The van der Waals surface area contributed by atoms with Crippen LogP contribution < -0.4 is 5.73 Å². The third kappa shape index (κ3) is 6.46. The van der Waals surface area contributed by atoms with Gasteiger partial charge in [-0.25, -0.2) is 4.98 Å². The first-order valence-electron chi connectivity index (χ1n) is 12.9. The number of benzene rings is 2. The highest BCUT2D eigenvalue weighted by Gasteiger charge is 2.28. The molecule has 0 saturated heterocycles. The summed E-state index contributed by atoms with van der Waals surface area (Å²) in [5.74, 6) is 1.13. The van der Waals surface area contributed by atoms with Gasteiger partial charge in [-0.2, -0.15) is 0 Å². The number of ketones is 3. The van der Waals surface area contributed by atoms with Gasteiger partial charge in [-0.15, -0.1) is 11.3 Å². The Labute approximate surface area is 248 Å². The van der Waals surface area contributed by atoms with E-state index in [1.165, 1.54) is 24.2 Å². The summed E-state index contributed by atoms with van der Waals surface area (Å²) in [5, 5.41) is 5.00. The smallest absolute Gasteiger partial charge is 0.223 e. The molecule has 0 radical (unpaired) electrons. The molecule has 40 heavy (non-hydrogen) atoms. The number of nitrogens with zero attached hydrogens (tertiary/aromatic N) is 1. The molecule has 204 valence electrons. The van der Waals surface area contributed by atoms with Crippen molar-refractivity contribution in [2.24, 2.45) is 11.7 Å². The van der Waals surface area contributed by atoms with Crippen LogP contribution in [-0.2, 0) is 4.79 Å². The fraction of sp³-hybridized carbons (Fsp3) is 0.233. The molecule has 3 heterocycles. The number of Topliss-reactive ketones (excluding diaryl/α,β-unsaturated/α-hetero) is 2. The van der Waals surface area contributed by atoms with E-state index in [1.807, 2.05) is 53.9 Å². The average Bonchev–Trinajstić information content (AvgIpc) is 3.88. The van der Waals surface area contributed by atoms with Crippen molar-refractivity contribution < 1.29 is 14.4 Å². The highest BCUT2D eigenvalue weighted by atomic mass is 79.9. The SMILES string of the molecule is NC(=S)C(=O)c1c[nH]c2ccccc12.O=C(CBr)C1CC1.O=C(c1nc(C2CC2)cs1)c1c[nH]c2ccccc12. The van der Waals surface area contributed by atoms with Crippen LogP contribution in [-0.4, -0.2) is 42.6 Å². The minimum absolute atomic E-state index is 0.0225. The van der Waals surface area contributed by atoms with Gasteiger partial charge in [0, 0.05) is 51.4 Å². The number of thiocarbonyl (C=S) groups is 1. The molecule has 0 spiro atoms. The summed E-state index contributed by atoms with van der Waals surface area (Å²) in [6.45, 7) is 0. The van der Waals surface area contributed by atoms with E-state index in [9.17, 15) is 14.4 Å². The van der Waals surface area contributed by atoms with Crippen molar-refractivity contribution in [1.29, 1.82) is 0 Å². The van der Waals surface area contributed by atoms with Crippen molar-refractivity contribution in [2.45, 2.75) is 31.6 Å². The number of nitrogens with one attached hydrogen (secondary N) is 2. The summed E-state index contributed by atoms with van der Waals surface area (Å²) in [5.41, 5.74) is 9.53. The molecule has 0 atom stereocenters. The van der Waals surface area contributed by atoms with Gasteiger partial charge in [-0.3, -0.25) is 14.4 Å². The zero-order valence-electron chi connectivity index (χ0n) is 21.5. The topological polar surface area (TPSA) is 122 Å². The first-order valence-corrected chi connectivity index (χ1v) is 15.3. The molecule has 3 aromatic heterocycles. The van der Waals surface area contributed by atoms with Gasteiger partial charge < -0.3 is 15.7 Å². The number of halogens is 1. The number of nitrogens with two attached hydrogens (primary N) is 1. The lowest BCUT2D eigenvalue weighted by molar-refractivity contribution is -0.117. The van der Waals surface area contributed by atoms with Gasteiger partial charge in [0.1, 0.15) is 10.8 Å². The molecule has 7 nitrogen and oxygen atoms in total. The minimum Gasteiger partial charge on any atom is -0.387 e. The van der Waals surface area contributed by atoms with Crippen molar-refractivity contribution in [3.8, 4) is 0 Å². The lowest BCUT2D eigenvalue weighted by atomic mass is 10.1. The van der Waals surface area contributed by atoms with E-state index in [-0.39, 0.29) is 16.6 Å². The quantitative estimate of drug-likeness (QED) is 0.104. The largest absolute Gasteiger partial charge is 0.387 e. The summed E-state index contributed by atoms with van der Waals surface area (Å²) in [6.07, 6.45) is 8.10. The number of carbonyl (C=O) groups is 3. The molecule has 4 N–H and O–H groups in total. The number of hydrogen-bond acceptors (Lipinski definition) is 6. The molecule has 2 fully saturated rings. The lowest BCUT2D eigenvalue weighted by Crippen LogP contribution is -2.20. The Hall–Kier alpha value is -3.47. The molecule has 7 rings (SSSR count). The summed E-state index contributed by atoms with van der Waals surface area (Å²) in [6, 6.07) is 15.4. The molecule has 2 aliphatic carbocycles. The number of aromatic nitrogens is 3. The van der Waals surface area contributed by atoms with Crippen LogP contribution in [0.25, 0.3) is 21.8 Å². The van der Waals surface area contributed by atoms with Crippen LogP contribution >= 0.6 is 39.5 Å². The highest BCUT2D eigenvalue weighted by molar-refractivity contribution is 9.09. The number of para-hydroxylation sites is 2. The number of rotatable bonds is 7. The van der Waals surface area contributed by atoms with Gasteiger partial charge in [-0.1, -0.05) is 64.5 Å². The van der Waals surface area contributed by atoms with Gasteiger partial charge in [0.05, 0.1) is 22.2 Å². The fourth-order valence-electron chi connectivity index (χ4n) is 4.24. The van der Waals surface area contributed by atoms with E-state index >= 15 is 0 Å². The Morgan fingerprint density at radius 3 is 2.02 bits per heavy atom. The Morgan fingerprint density at radius 2 is 1.50 bits per heavy atom. The Bertz CT molecular complexity index is 1710. The molecule has 2 saturated carbocycles. The molecular weight excluding hydrogens is 608 g/mol. The summed E-state index contributed by atoms with van der Waals surface area (Å²) >= 11 is 9.21. The number of fused-ring (bicyclic) bond motifs is 2. The maximum absolute atomic E-state index is 12.5. The van der Waals surface area contributed by atoms with Gasteiger partial charge in [0.2, 0.25) is 11.6 Å². The summed E-state index contributed by atoms with van der Waals surface area (Å²) in [7, 11) is 0. The van der Waals surface area contributed by atoms with Crippen molar-refractivity contribution >= 4 is 83.6 Å². The lowest BCUT2D eigenvalue weighted by Gasteiger charge is -1.95. The van der Waals surface area contributed by atoms with Crippen molar-refractivity contribution in [1.82, 2.24) is 15.0 Å². The molecule has 2 aliphatic rings. The first kappa shape index (κ1) is 28.1. The fourth-order valence-corrected chi connectivity index (χ4v) is 5.66. The molecule has 0 amide bonds. The van der Waals surface area contributed by atoms with E-state index in [0.717, 1.165) is 40.3 Å². The maximum atomic E-state index is 12.5.